The van der Waals surface area contributed by atoms with Crippen LogP contribution in [0.3, 0.4) is 0 Å². The van der Waals surface area contributed by atoms with Crippen LogP contribution in [-0.4, -0.2) is 18.0 Å². The Hall–Kier alpha value is -3.99. The lowest BCUT2D eigenvalue weighted by Crippen LogP contribution is -2.26. The number of hydrogen-bond acceptors (Lipinski definition) is 5. The lowest BCUT2D eigenvalue weighted by molar-refractivity contribution is -0.117. The van der Waals surface area contributed by atoms with Crippen molar-refractivity contribution in [3.05, 3.63) is 82.3 Å². The van der Waals surface area contributed by atoms with Crippen LogP contribution in [0.2, 0.25) is 0 Å². The van der Waals surface area contributed by atoms with Crippen molar-refractivity contribution < 1.29 is 9.18 Å². The molecule has 2 aromatic rings. The summed E-state index contributed by atoms with van der Waals surface area (Å²) in [5.41, 5.74) is 12.8. The number of aliphatic imine (C=N–C) groups is 1. The van der Waals surface area contributed by atoms with Crippen molar-refractivity contribution in [2.24, 2.45) is 16.5 Å². The number of benzene rings is 2. The van der Waals surface area contributed by atoms with Crippen molar-refractivity contribution in [1.29, 1.82) is 10.7 Å². The number of amidine groups is 1. The van der Waals surface area contributed by atoms with Gasteiger partial charge in [-0.1, -0.05) is 36.4 Å². The second-order valence-corrected chi connectivity index (χ2v) is 7.43. The highest BCUT2D eigenvalue weighted by Crippen LogP contribution is 2.22. The molecule has 0 aromatic heterocycles. The van der Waals surface area contributed by atoms with Crippen molar-refractivity contribution in [3.63, 3.8) is 0 Å². The predicted octanol–water partition coefficient (Wildman–Crippen LogP) is 2.64. The monoisotopic (exact) mass is 420 g/mol. The molecule has 31 heavy (non-hydrogen) atoms. The van der Waals surface area contributed by atoms with Crippen LogP contribution < -0.4 is 16.8 Å². The van der Waals surface area contributed by atoms with Crippen LogP contribution in [0.1, 0.15) is 36.1 Å². The Kier molecular flexibility index (Phi) is 7.64. The molecule has 160 valence electrons. The number of carbonyl (C=O) groups excluding carboxylic acids is 1. The molecule has 0 atom stereocenters. The minimum Gasteiger partial charge on any atom is -0.404 e. The van der Waals surface area contributed by atoms with Gasteiger partial charge in [0.25, 0.3) is 5.91 Å². The molecule has 2 rings (SSSR count). The van der Waals surface area contributed by atoms with E-state index in [1.165, 1.54) is 18.3 Å². The first-order valence-corrected chi connectivity index (χ1v) is 9.51. The van der Waals surface area contributed by atoms with Crippen LogP contribution in [0.25, 0.3) is 0 Å². The summed E-state index contributed by atoms with van der Waals surface area (Å²) >= 11 is 0. The molecule has 0 aliphatic rings. The zero-order valence-electron chi connectivity index (χ0n) is 17.4. The Morgan fingerprint density at radius 2 is 1.97 bits per heavy atom. The molecule has 7 nitrogen and oxygen atoms in total. The Labute approximate surface area is 180 Å². The van der Waals surface area contributed by atoms with Gasteiger partial charge in [-0.25, -0.2) is 4.39 Å². The fourth-order valence-corrected chi connectivity index (χ4v) is 2.65. The van der Waals surface area contributed by atoms with Gasteiger partial charge in [-0.3, -0.25) is 15.2 Å². The van der Waals surface area contributed by atoms with Gasteiger partial charge in [-0.2, -0.15) is 5.26 Å². The van der Waals surface area contributed by atoms with Crippen molar-refractivity contribution in [2.45, 2.75) is 32.4 Å². The maximum atomic E-state index is 14.1. The summed E-state index contributed by atoms with van der Waals surface area (Å²) < 4.78 is 14.1. The second-order valence-electron chi connectivity index (χ2n) is 7.43. The van der Waals surface area contributed by atoms with Crippen LogP contribution in [0, 0.1) is 22.6 Å². The lowest BCUT2D eigenvalue weighted by atomic mass is 9.86. The number of nitrogens with one attached hydrogen (secondary N) is 2. The highest BCUT2D eigenvalue weighted by Gasteiger charge is 2.19. The van der Waals surface area contributed by atoms with E-state index in [4.69, 9.17) is 16.9 Å². The van der Waals surface area contributed by atoms with Crippen LogP contribution >= 0.6 is 0 Å². The Morgan fingerprint density at radius 1 is 1.29 bits per heavy atom. The predicted molar refractivity (Wildman–Crippen MR) is 119 cm³/mol. The molecule has 2 aromatic carbocycles. The van der Waals surface area contributed by atoms with E-state index < -0.39 is 17.1 Å². The first kappa shape index (κ1) is 23.3. The van der Waals surface area contributed by atoms with E-state index in [1.54, 1.807) is 0 Å². The maximum absolute atomic E-state index is 14.1. The summed E-state index contributed by atoms with van der Waals surface area (Å²) in [5, 5.41) is 19.1. The quantitative estimate of drug-likeness (QED) is 0.296. The van der Waals surface area contributed by atoms with Gasteiger partial charge in [0, 0.05) is 30.1 Å². The van der Waals surface area contributed by atoms with Crippen LogP contribution in [0.15, 0.2) is 59.2 Å². The van der Waals surface area contributed by atoms with Gasteiger partial charge in [0.1, 0.15) is 11.7 Å². The van der Waals surface area contributed by atoms with E-state index in [2.05, 4.69) is 16.4 Å². The van der Waals surface area contributed by atoms with Gasteiger partial charge in [0.2, 0.25) is 0 Å². The number of rotatable bonds is 8. The normalized spacial score (nSPS) is 11.9. The van der Waals surface area contributed by atoms with Crippen molar-refractivity contribution in [3.8, 4) is 6.07 Å². The maximum Gasteiger partial charge on any atom is 0.254 e. The van der Waals surface area contributed by atoms with E-state index in [-0.39, 0.29) is 29.1 Å². The molecule has 0 heterocycles. The molecule has 0 radical (unpaired) electrons. The third kappa shape index (κ3) is 6.24. The molecule has 1 amide bonds. The number of nitrogens with two attached hydrogens (primary N) is 2. The van der Waals surface area contributed by atoms with Gasteiger partial charge >= 0.3 is 0 Å². The second kappa shape index (κ2) is 10.2. The topological polar surface area (TPSA) is 141 Å². The third-order valence-corrected chi connectivity index (χ3v) is 4.70. The summed E-state index contributed by atoms with van der Waals surface area (Å²) in [6, 6.07) is 13.9. The van der Waals surface area contributed by atoms with E-state index in [9.17, 15) is 14.4 Å². The zero-order chi connectivity index (χ0) is 23.0. The average Bonchev–Trinajstić information content (AvgIpc) is 2.75. The first-order chi connectivity index (χ1) is 14.7. The Balaban J connectivity index is 1.95. The van der Waals surface area contributed by atoms with Gasteiger partial charge < -0.3 is 16.8 Å². The molecule has 0 spiro atoms. The largest absolute Gasteiger partial charge is 0.404 e. The number of carbonyl (C=O) groups is 1. The minimum absolute atomic E-state index is 0.0514. The van der Waals surface area contributed by atoms with Crippen molar-refractivity contribution in [2.75, 3.05) is 0 Å². The first-order valence-electron chi connectivity index (χ1n) is 9.51. The summed E-state index contributed by atoms with van der Waals surface area (Å²) in [7, 11) is 0. The van der Waals surface area contributed by atoms with E-state index in [1.807, 2.05) is 38.1 Å². The number of nitrogen functional groups attached to an aromatic ring is 1. The van der Waals surface area contributed by atoms with Crippen LogP contribution in [0.4, 0.5) is 4.39 Å². The van der Waals surface area contributed by atoms with Crippen LogP contribution in [-0.2, 0) is 23.3 Å². The SMILES string of the molecule is CC(C)(C#N)c1ccc(CN=C/C(=C\N)C(=O)NCc2ccc(C(=N)N)cc2F)cc1. The molecule has 0 fully saturated rings. The molecule has 8 heteroatoms. The minimum atomic E-state index is -0.568. The summed E-state index contributed by atoms with van der Waals surface area (Å²) in [6.07, 6.45) is 2.49. The van der Waals surface area contributed by atoms with E-state index >= 15 is 0 Å². The summed E-state index contributed by atoms with van der Waals surface area (Å²) in [6.45, 7) is 3.98. The smallest absolute Gasteiger partial charge is 0.254 e. The van der Waals surface area contributed by atoms with Gasteiger partial charge in [0.15, 0.2) is 0 Å². The molecule has 0 saturated carbocycles. The number of amides is 1. The molecule has 0 aliphatic carbocycles. The number of nitriles is 1. The molecule has 0 saturated heterocycles. The summed E-state index contributed by atoms with van der Waals surface area (Å²) in [4.78, 5) is 16.5. The molecule has 0 aliphatic heterocycles. The highest BCUT2D eigenvalue weighted by atomic mass is 19.1. The molecule has 0 unspecified atom stereocenters. The lowest BCUT2D eigenvalue weighted by Gasteiger charge is -2.15. The average molecular weight is 420 g/mol. The van der Waals surface area contributed by atoms with Gasteiger partial charge in [0.05, 0.1) is 23.6 Å². The van der Waals surface area contributed by atoms with E-state index in [0.29, 0.717) is 6.54 Å². The highest BCUT2D eigenvalue weighted by molar-refractivity contribution is 6.12. The zero-order valence-corrected chi connectivity index (χ0v) is 17.4. The Morgan fingerprint density at radius 3 is 2.52 bits per heavy atom. The standard InChI is InChI=1S/C23H25FN6O/c1-23(2,14-26)19-7-3-15(4-8-19)11-29-12-18(10-25)22(31)30-13-17-6-5-16(21(27)28)9-20(17)24/h3-10,12H,11,13,25H2,1-2H3,(H3,27,28)(H,30,31)/b18-10+,29-12?. The fraction of sp³-hybridized carbons (Fsp3) is 0.217. The number of halogens is 1. The number of hydrogen-bond donors (Lipinski definition) is 4. The molecule has 6 N–H and O–H groups in total. The van der Waals surface area contributed by atoms with Gasteiger partial charge in [-0.15, -0.1) is 0 Å². The Bertz CT molecular complexity index is 1060. The summed E-state index contributed by atoms with van der Waals surface area (Å²) in [5.74, 6) is -1.29. The van der Waals surface area contributed by atoms with Gasteiger partial charge in [-0.05, 0) is 31.0 Å². The third-order valence-electron chi connectivity index (χ3n) is 4.70. The molecular formula is C23H25FN6O. The van der Waals surface area contributed by atoms with Crippen molar-refractivity contribution >= 4 is 18.0 Å². The number of nitrogens with zero attached hydrogens (tertiary/aromatic N) is 2. The van der Waals surface area contributed by atoms with E-state index in [0.717, 1.165) is 23.4 Å². The molecular weight excluding hydrogens is 395 g/mol. The molecule has 0 bridgehead atoms. The van der Waals surface area contributed by atoms with Crippen LogP contribution in [0.5, 0.6) is 0 Å². The fourth-order valence-electron chi connectivity index (χ4n) is 2.65. The van der Waals surface area contributed by atoms with Crippen molar-refractivity contribution in [1.82, 2.24) is 5.32 Å².